The van der Waals surface area contributed by atoms with Crippen LogP contribution in [0.25, 0.3) is 0 Å². The Balaban J connectivity index is 1.95. The minimum absolute atomic E-state index is 0.189. The number of aromatic amines is 1. The molecule has 1 aromatic heterocycles. The van der Waals surface area contributed by atoms with Crippen LogP contribution in [0.15, 0.2) is 17.2 Å². The first-order valence-corrected chi connectivity index (χ1v) is 5.19. The van der Waals surface area contributed by atoms with Crippen LogP contribution in [0.3, 0.4) is 0 Å². The van der Waals surface area contributed by atoms with Crippen LogP contribution in [0.1, 0.15) is 25.7 Å². The third-order valence-electron chi connectivity index (χ3n) is 2.81. The minimum atomic E-state index is -0.621. The highest BCUT2D eigenvalue weighted by Crippen LogP contribution is 2.29. The van der Waals surface area contributed by atoms with E-state index in [4.69, 9.17) is 0 Å². The molecule has 1 aromatic rings. The first kappa shape index (κ1) is 10.2. The third kappa shape index (κ3) is 2.56. The lowest BCUT2D eigenvalue weighted by atomic mass is 10.0. The van der Waals surface area contributed by atoms with E-state index in [0.717, 1.165) is 25.7 Å². The van der Waals surface area contributed by atoms with Crippen LogP contribution < -0.4 is 10.9 Å². The van der Waals surface area contributed by atoms with Crippen molar-refractivity contribution in [1.29, 1.82) is 0 Å². The molecule has 1 aliphatic rings. The Labute approximate surface area is 87.6 Å². The largest absolute Gasteiger partial charge is 0.388 e. The van der Waals surface area contributed by atoms with E-state index in [1.54, 1.807) is 0 Å². The van der Waals surface area contributed by atoms with Crippen molar-refractivity contribution in [3.8, 4) is 0 Å². The topological polar surface area (TPSA) is 78.0 Å². The Bertz CT molecular complexity index is 382. The molecule has 0 aliphatic heterocycles. The van der Waals surface area contributed by atoms with Crippen LogP contribution in [0.4, 0.5) is 5.82 Å². The molecule has 5 heteroatoms. The number of nitrogens with zero attached hydrogens (tertiary/aromatic N) is 1. The molecular formula is C10H15N3O2. The fraction of sp³-hybridized carbons (Fsp3) is 0.600. The van der Waals surface area contributed by atoms with Crippen molar-refractivity contribution in [2.45, 2.75) is 31.3 Å². The molecule has 0 saturated heterocycles. The van der Waals surface area contributed by atoms with Crippen molar-refractivity contribution in [2.75, 3.05) is 11.9 Å². The van der Waals surface area contributed by atoms with Gasteiger partial charge in [-0.3, -0.25) is 4.79 Å². The van der Waals surface area contributed by atoms with Crippen molar-refractivity contribution in [3.05, 3.63) is 22.7 Å². The first-order chi connectivity index (χ1) is 7.18. The molecule has 0 radical (unpaired) electrons. The molecule has 5 nitrogen and oxygen atoms in total. The summed E-state index contributed by atoms with van der Waals surface area (Å²) in [5.74, 6) is 0.513. The van der Waals surface area contributed by atoms with Crippen LogP contribution >= 0.6 is 0 Å². The zero-order chi connectivity index (χ0) is 10.7. The van der Waals surface area contributed by atoms with Gasteiger partial charge < -0.3 is 15.4 Å². The summed E-state index contributed by atoms with van der Waals surface area (Å²) < 4.78 is 0. The summed E-state index contributed by atoms with van der Waals surface area (Å²) in [5, 5.41) is 13.0. The van der Waals surface area contributed by atoms with Crippen LogP contribution in [0.5, 0.6) is 0 Å². The van der Waals surface area contributed by atoms with Crippen LogP contribution in [-0.4, -0.2) is 27.2 Å². The standard InChI is InChI=1S/C10H15N3O2/c14-9-5-8(12-7-13-9)11-6-10(15)3-1-2-4-10/h5,7,15H,1-4,6H2,(H2,11,12,13,14). The minimum Gasteiger partial charge on any atom is -0.388 e. The highest BCUT2D eigenvalue weighted by molar-refractivity contribution is 5.32. The molecule has 0 bridgehead atoms. The lowest BCUT2D eigenvalue weighted by molar-refractivity contribution is 0.0614. The van der Waals surface area contributed by atoms with Gasteiger partial charge in [0.05, 0.1) is 11.9 Å². The summed E-state index contributed by atoms with van der Waals surface area (Å²) in [6.45, 7) is 0.462. The molecule has 0 aromatic carbocycles. The number of aliphatic hydroxyl groups is 1. The number of rotatable bonds is 3. The fourth-order valence-electron chi connectivity index (χ4n) is 1.93. The molecule has 15 heavy (non-hydrogen) atoms. The molecule has 0 amide bonds. The van der Waals surface area contributed by atoms with Crippen molar-refractivity contribution in [1.82, 2.24) is 9.97 Å². The summed E-state index contributed by atoms with van der Waals surface area (Å²) in [5.41, 5.74) is -0.810. The zero-order valence-electron chi connectivity index (χ0n) is 8.49. The van der Waals surface area contributed by atoms with Crippen molar-refractivity contribution < 1.29 is 5.11 Å². The van der Waals surface area contributed by atoms with Crippen LogP contribution in [0, 0.1) is 0 Å². The van der Waals surface area contributed by atoms with Gasteiger partial charge in [-0.1, -0.05) is 12.8 Å². The summed E-state index contributed by atoms with van der Waals surface area (Å²) in [7, 11) is 0. The fourth-order valence-corrected chi connectivity index (χ4v) is 1.93. The Morgan fingerprint density at radius 1 is 1.53 bits per heavy atom. The van der Waals surface area contributed by atoms with Gasteiger partial charge in [0, 0.05) is 12.6 Å². The number of hydrogen-bond acceptors (Lipinski definition) is 4. The molecule has 3 N–H and O–H groups in total. The molecule has 1 heterocycles. The van der Waals surface area contributed by atoms with Gasteiger partial charge in [0.1, 0.15) is 5.82 Å². The molecule has 0 atom stereocenters. The summed E-state index contributed by atoms with van der Waals surface area (Å²) in [6, 6.07) is 1.39. The van der Waals surface area contributed by atoms with E-state index in [-0.39, 0.29) is 5.56 Å². The molecule has 0 unspecified atom stereocenters. The van der Waals surface area contributed by atoms with Crippen molar-refractivity contribution in [3.63, 3.8) is 0 Å². The SMILES string of the molecule is O=c1cc(NCC2(O)CCCC2)nc[nH]1. The van der Waals surface area contributed by atoms with E-state index in [1.807, 2.05) is 0 Å². The summed E-state index contributed by atoms with van der Waals surface area (Å²) >= 11 is 0. The molecule has 82 valence electrons. The summed E-state index contributed by atoms with van der Waals surface area (Å²) in [4.78, 5) is 17.4. The van der Waals surface area contributed by atoms with E-state index in [2.05, 4.69) is 15.3 Å². The normalized spacial score (nSPS) is 19.0. The maximum absolute atomic E-state index is 11.0. The van der Waals surface area contributed by atoms with E-state index < -0.39 is 5.60 Å². The van der Waals surface area contributed by atoms with Gasteiger partial charge in [0.25, 0.3) is 5.56 Å². The van der Waals surface area contributed by atoms with Gasteiger partial charge in [-0.2, -0.15) is 0 Å². The van der Waals surface area contributed by atoms with E-state index in [0.29, 0.717) is 12.4 Å². The van der Waals surface area contributed by atoms with Gasteiger partial charge in [-0.05, 0) is 12.8 Å². The van der Waals surface area contributed by atoms with E-state index in [1.165, 1.54) is 12.4 Å². The summed E-state index contributed by atoms with van der Waals surface area (Å²) in [6.07, 6.45) is 5.14. The average Bonchev–Trinajstić information content (AvgIpc) is 2.63. The maximum atomic E-state index is 11.0. The predicted octanol–water partition coefficient (Wildman–Crippen LogP) is 0.487. The van der Waals surface area contributed by atoms with E-state index in [9.17, 15) is 9.90 Å². The van der Waals surface area contributed by atoms with Gasteiger partial charge in [-0.25, -0.2) is 4.98 Å². The Morgan fingerprint density at radius 2 is 2.27 bits per heavy atom. The van der Waals surface area contributed by atoms with Crippen molar-refractivity contribution in [2.24, 2.45) is 0 Å². The molecule has 1 fully saturated rings. The van der Waals surface area contributed by atoms with E-state index >= 15 is 0 Å². The predicted molar refractivity (Wildman–Crippen MR) is 56.8 cm³/mol. The second-order valence-corrected chi connectivity index (χ2v) is 4.08. The molecule has 0 spiro atoms. The number of nitrogens with one attached hydrogen (secondary N) is 2. The van der Waals surface area contributed by atoms with Crippen LogP contribution in [0.2, 0.25) is 0 Å². The maximum Gasteiger partial charge on any atom is 0.252 e. The monoisotopic (exact) mass is 209 g/mol. The average molecular weight is 209 g/mol. The van der Waals surface area contributed by atoms with Gasteiger partial charge in [0.15, 0.2) is 0 Å². The second kappa shape index (κ2) is 4.02. The Morgan fingerprint density at radius 3 is 2.93 bits per heavy atom. The Kier molecular flexibility index (Phi) is 2.73. The third-order valence-corrected chi connectivity index (χ3v) is 2.81. The zero-order valence-corrected chi connectivity index (χ0v) is 8.49. The van der Waals surface area contributed by atoms with Gasteiger partial charge in [0.2, 0.25) is 0 Å². The molecular weight excluding hydrogens is 194 g/mol. The lowest BCUT2D eigenvalue weighted by Crippen LogP contribution is -2.33. The number of aromatic nitrogens is 2. The first-order valence-electron chi connectivity index (χ1n) is 5.19. The van der Waals surface area contributed by atoms with Gasteiger partial charge >= 0.3 is 0 Å². The Hall–Kier alpha value is -1.36. The highest BCUT2D eigenvalue weighted by Gasteiger charge is 2.30. The highest BCUT2D eigenvalue weighted by atomic mass is 16.3. The van der Waals surface area contributed by atoms with Crippen LogP contribution in [-0.2, 0) is 0 Å². The smallest absolute Gasteiger partial charge is 0.252 e. The number of H-pyrrole nitrogens is 1. The number of hydrogen-bond donors (Lipinski definition) is 3. The molecule has 1 saturated carbocycles. The molecule has 2 rings (SSSR count). The number of anilines is 1. The second-order valence-electron chi connectivity index (χ2n) is 4.08. The van der Waals surface area contributed by atoms with Crippen molar-refractivity contribution >= 4 is 5.82 Å². The quantitative estimate of drug-likeness (QED) is 0.677. The van der Waals surface area contributed by atoms with Gasteiger partial charge in [-0.15, -0.1) is 0 Å². The molecule has 1 aliphatic carbocycles. The lowest BCUT2D eigenvalue weighted by Gasteiger charge is -2.22.